The second-order valence-corrected chi connectivity index (χ2v) is 8.59. The highest BCUT2D eigenvalue weighted by Gasteiger charge is 2.37. The van der Waals surface area contributed by atoms with Crippen LogP contribution in [0.3, 0.4) is 0 Å². The van der Waals surface area contributed by atoms with Crippen LogP contribution in [0.5, 0.6) is 11.5 Å². The lowest BCUT2D eigenvalue weighted by molar-refractivity contribution is -0.124. The zero-order chi connectivity index (χ0) is 24.1. The molecule has 174 valence electrons. The fraction of sp³-hybridized carbons (Fsp3) is 0.261. The summed E-state index contributed by atoms with van der Waals surface area (Å²) in [5, 5.41) is 2.43. The Hall–Kier alpha value is -3.04. The van der Waals surface area contributed by atoms with E-state index in [1.54, 1.807) is 18.2 Å². The van der Waals surface area contributed by atoms with Crippen molar-refractivity contribution in [3.63, 3.8) is 0 Å². The first-order valence-electron chi connectivity index (χ1n) is 10.1. The summed E-state index contributed by atoms with van der Waals surface area (Å²) in [4.78, 5) is 38.5. The second-order valence-electron chi connectivity index (χ2n) is 7.19. The highest BCUT2D eigenvalue weighted by molar-refractivity contribution is 8.18. The van der Waals surface area contributed by atoms with E-state index in [9.17, 15) is 18.8 Å². The molecule has 0 unspecified atom stereocenters. The quantitative estimate of drug-likeness (QED) is 0.501. The molecule has 1 aliphatic rings. The number of hydrogen-bond donors (Lipinski definition) is 1. The van der Waals surface area contributed by atoms with Gasteiger partial charge in [0.15, 0.2) is 18.1 Å². The summed E-state index contributed by atoms with van der Waals surface area (Å²) in [6.07, 6.45) is 2.22. The van der Waals surface area contributed by atoms with Gasteiger partial charge in [0.05, 0.1) is 17.0 Å². The summed E-state index contributed by atoms with van der Waals surface area (Å²) in [7, 11) is 1.41. The number of halogens is 2. The number of carbonyl (C=O) groups is 3. The summed E-state index contributed by atoms with van der Waals surface area (Å²) < 4.78 is 23.9. The fourth-order valence-corrected chi connectivity index (χ4v) is 4.23. The van der Waals surface area contributed by atoms with Crippen LogP contribution in [0.15, 0.2) is 41.3 Å². The van der Waals surface area contributed by atoms with Crippen molar-refractivity contribution in [1.29, 1.82) is 0 Å². The van der Waals surface area contributed by atoms with Gasteiger partial charge in [-0.2, -0.15) is 0 Å². The van der Waals surface area contributed by atoms with Crippen molar-refractivity contribution < 1.29 is 28.2 Å². The molecule has 3 rings (SSSR count). The van der Waals surface area contributed by atoms with Crippen molar-refractivity contribution in [2.45, 2.75) is 26.3 Å². The lowest BCUT2D eigenvalue weighted by Crippen LogP contribution is -2.36. The number of thioether (sulfide) groups is 1. The average molecular weight is 493 g/mol. The average Bonchev–Trinajstić information content (AvgIpc) is 3.06. The van der Waals surface area contributed by atoms with E-state index < -0.39 is 11.7 Å². The fourth-order valence-electron chi connectivity index (χ4n) is 3.02. The number of nitrogens with one attached hydrogen (secondary N) is 1. The Morgan fingerprint density at radius 2 is 1.97 bits per heavy atom. The molecular weight excluding hydrogens is 471 g/mol. The van der Waals surface area contributed by atoms with Gasteiger partial charge in [0.25, 0.3) is 17.1 Å². The first-order chi connectivity index (χ1) is 15.7. The summed E-state index contributed by atoms with van der Waals surface area (Å²) in [6, 6.07) is 8.26. The van der Waals surface area contributed by atoms with Crippen LogP contribution in [0.2, 0.25) is 5.02 Å². The van der Waals surface area contributed by atoms with Gasteiger partial charge in [-0.1, -0.05) is 18.5 Å². The van der Waals surface area contributed by atoms with Crippen LogP contribution < -0.4 is 14.8 Å². The zero-order valence-electron chi connectivity index (χ0n) is 18.2. The van der Waals surface area contributed by atoms with Gasteiger partial charge in [-0.25, -0.2) is 4.39 Å². The molecule has 10 heteroatoms. The van der Waals surface area contributed by atoms with E-state index in [0.29, 0.717) is 17.7 Å². The monoisotopic (exact) mass is 492 g/mol. The topological polar surface area (TPSA) is 84.9 Å². The number of carbonyl (C=O) groups excluding carboxylic acids is 3. The van der Waals surface area contributed by atoms with Crippen LogP contribution in [0, 0.1) is 5.82 Å². The minimum Gasteiger partial charge on any atom is -0.493 e. The number of imide groups is 1. The van der Waals surface area contributed by atoms with Gasteiger partial charge in [-0.3, -0.25) is 19.3 Å². The molecule has 1 fully saturated rings. The number of amides is 3. The van der Waals surface area contributed by atoms with Gasteiger partial charge in [-0.15, -0.1) is 0 Å². The molecule has 0 aromatic heterocycles. The SMILES string of the molecule is CC[C@@H](C)N1C(=O)S/C(=C/c2cc(Cl)c(OCC(=O)Nc3ccc(F)cc3)c(OC)c2)C1=O. The Balaban J connectivity index is 1.74. The Labute approximate surface area is 199 Å². The van der Waals surface area contributed by atoms with Gasteiger partial charge in [0.2, 0.25) is 0 Å². The second kappa shape index (κ2) is 10.7. The Bertz CT molecular complexity index is 1110. The lowest BCUT2D eigenvalue weighted by atomic mass is 10.1. The van der Waals surface area contributed by atoms with E-state index in [1.807, 2.05) is 13.8 Å². The van der Waals surface area contributed by atoms with E-state index in [1.165, 1.54) is 36.3 Å². The van der Waals surface area contributed by atoms with Gasteiger partial charge >= 0.3 is 0 Å². The van der Waals surface area contributed by atoms with Gasteiger partial charge in [0.1, 0.15) is 5.82 Å². The van der Waals surface area contributed by atoms with Crippen molar-refractivity contribution in [3.05, 3.63) is 57.7 Å². The first kappa shape index (κ1) is 24.6. The molecule has 0 aliphatic carbocycles. The molecule has 2 aromatic rings. The van der Waals surface area contributed by atoms with Crippen molar-refractivity contribution in [2.75, 3.05) is 19.0 Å². The smallest absolute Gasteiger partial charge is 0.293 e. The number of benzene rings is 2. The number of nitrogens with zero attached hydrogens (tertiary/aromatic N) is 1. The van der Waals surface area contributed by atoms with Crippen molar-refractivity contribution in [1.82, 2.24) is 4.90 Å². The van der Waals surface area contributed by atoms with E-state index in [4.69, 9.17) is 21.1 Å². The summed E-state index contributed by atoms with van der Waals surface area (Å²) in [6.45, 7) is 3.36. The number of rotatable bonds is 8. The van der Waals surface area contributed by atoms with Crippen LogP contribution in [0.4, 0.5) is 14.9 Å². The van der Waals surface area contributed by atoms with Crippen molar-refractivity contribution in [3.8, 4) is 11.5 Å². The Morgan fingerprint density at radius 3 is 2.61 bits per heavy atom. The molecule has 1 aliphatic heterocycles. The Kier molecular flexibility index (Phi) is 7.99. The van der Waals surface area contributed by atoms with E-state index in [-0.39, 0.29) is 45.2 Å². The lowest BCUT2D eigenvalue weighted by Gasteiger charge is -2.19. The molecule has 1 saturated heterocycles. The number of anilines is 1. The summed E-state index contributed by atoms with van der Waals surface area (Å²) >= 11 is 7.22. The zero-order valence-corrected chi connectivity index (χ0v) is 19.8. The predicted molar refractivity (Wildman–Crippen MR) is 126 cm³/mol. The minimum absolute atomic E-state index is 0.151. The Morgan fingerprint density at radius 1 is 1.27 bits per heavy atom. The van der Waals surface area contributed by atoms with E-state index in [0.717, 1.165) is 11.8 Å². The molecule has 0 radical (unpaired) electrons. The maximum atomic E-state index is 13.0. The third-order valence-corrected chi connectivity index (χ3v) is 6.04. The molecule has 1 heterocycles. The molecule has 1 N–H and O–H groups in total. The first-order valence-corrected chi connectivity index (χ1v) is 11.3. The highest BCUT2D eigenvalue weighted by Crippen LogP contribution is 2.39. The standard InChI is InChI=1S/C23H22ClFN2O5S/c1-4-13(2)27-22(29)19(33-23(27)30)11-14-9-17(24)21(18(10-14)31-3)32-12-20(28)26-16-7-5-15(25)6-8-16/h5-11,13H,4,12H2,1-3H3,(H,26,28)/b19-11+/t13-/m1/s1. The molecule has 0 spiro atoms. The van der Waals surface area contributed by atoms with Crippen LogP contribution in [0.25, 0.3) is 6.08 Å². The molecular formula is C23H22ClFN2O5S. The van der Waals surface area contributed by atoms with Crippen LogP contribution in [-0.4, -0.2) is 41.7 Å². The van der Waals surface area contributed by atoms with E-state index in [2.05, 4.69) is 5.32 Å². The number of ether oxygens (including phenoxy) is 2. The summed E-state index contributed by atoms with van der Waals surface area (Å²) in [5.74, 6) is -0.831. The molecule has 33 heavy (non-hydrogen) atoms. The van der Waals surface area contributed by atoms with E-state index >= 15 is 0 Å². The largest absolute Gasteiger partial charge is 0.493 e. The van der Waals surface area contributed by atoms with Crippen molar-refractivity contribution in [2.24, 2.45) is 0 Å². The molecule has 7 nitrogen and oxygen atoms in total. The van der Waals surface area contributed by atoms with Gasteiger partial charge in [0, 0.05) is 11.7 Å². The van der Waals surface area contributed by atoms with Crippen LogP contribution in [0.1, 0.15) is 25.8 Å². The minimum atomic E-state index is -0.470. The molecule has 3 amide bonds. The maximum Gasteiger partial charge on any atom is 0.293 e. The molecule has 0 saturated carbocycles. The molecule has 1 atom stereocenters. The predicted octanol–water partition coefficient (Wildman–Crippen LogP) is 5.34. The maximum absolute atomic E-state index is 13.0. The van der Waals surface area contributed by atoms with Gasteiger partial charge < -0.3 is 14.8 Å². The third-order valence-electron chi connectivity index (χ3n) is 4.88. The number of methoxy groups -OCH3 is 1. The molecule has 0 bridgehead atoms. The van der Waals surface area contributed by atoms with Crippen LogP contribution >= 0.6 is 23.4 Å². The van der Waals surface area contributed by atoms with Gasteiger partial charge in [-0.05, 0) is 73.1 Å². The highest BCUT2D eigenvalue weighted by atomic mass is 35.5. The normalized spacial score (nSPS) is 15.7. The van der Waals surface area contributed by atoms with Crippen molar-refractivity contribution >= 4 is 52.2 Å². The van der Waals surface area contributed by atoms with Crippen LogP contribution in [-0.2, 0) is 9.59 Å². The summed E-state index contributed by atoms with van der Waals surface area (Å²) in [5.41, 5.74) is 0.958. The molecule has 2 aromatic carbocycles. The third kappa shape index (κ3) is 5.85. The number of hydrogen-bond acceptors (Lipinski definition) is 6.